The van der Waals surface area contributed by atoms with Gasteiger partial charge >= 0.3 is 5.97 Å². The lowest BCUT2D eigenvalue weighted by atomic mass is 9.77. The molecule has 0 aromatic carbocycles. The molecule has 104 valence electrons. The number of thiophene rings is 1. The Balaban J connectivity index is 1.65. The van der Waals surface area contributed by atoms with Crippen LogP contribution in [0.2, 0.25) is 0 Å². The minimum absolute atomic E-state index is 0.0994. The third kappa shape index (κ3) is 1.46. The van der Waals surface area contributed by atoms with E-state index in [4.69, 9.17) is 4.74 Å². The number of carboxylic acids is 1. The van der Waals surface area contributed by atoms with Crippen molar-refractivity contribution in [3.05, 3.63) is 34.5 Å². The van der Waals surface area contributed by atoms with Crippen LogP contribution in [-0.2, 0) is 20.9 Å². The number of ether oxygens (including phenoxy) is 1. The summed E-state index contributed by atoms with van der Waals surface area (Å²) in [4.78, 5) is 26.8. The standard InChI is InChI=1S/C14H13NO4S/c16-12-11-10(13(17)18)9-3-4-14(11,19-9)7-15(12)6-8-2-1-5-20-8/h1-5,9-11H,6-7H2,(H,17,18)/t9-,10+,11+,14+/m0/s1. The number of hydrogen-bond acceptors (Lipinski definition) is 4. The van der Waals surface area contributed by atoms with Crippen LogP contribution < -0.4 is 0 Å². The van der Waals surface area contributed by atoms with Crippen LogP contribution in [0, 0.1) is 11.8 Å². The summed E-state index contributed by atoms with van der Waals surface area (Å²) in [6, 6.07) is 3.92. The van der Waals surface area contributed by atoms with Gasteiger partial charge in [0.1, 0.15) is 11.5 Å². The fourth-order valence-electron chi connectivity index (χ4n) is 3.58. The maximum Gasteiger partial charge on any atom is 0.310 e. The number of fused-ring (bicyclic) bond motifs is 1. The lowest BCUT2D eigenvalue weighted by Gasteiger charge is -2.21. The predicted molar refractivity (Wildman–Crippen MR) is 71.1 cm³/mol. The molecule has 4 heterocycles. The van der Waals surface area contributed by atoms with Crippen molar-refractivity contribution in [1.82, 2.24) is 4.90 Å². The number of rotatable bonds is 3. The first-order chi connectivity index (χ1) is 9.61. The van der Waals surface area contributed by atoms with E-state index in [1.807, 2.05) is 23.6 Å². The molecule has 1 aromatic heterocycles. The molecular weight excluding hydrogens is 278 g/mol. The Labute approximate surface area is 119 Å². The molecule has 20 heavy (non-hydrogen) atoms. The fourth-order valence-corrected chi connectivity index (χ4v) is 4.30. The van der Waals surface area contributed by atoms with Gasteiger partial charge in [-0.25, -0.2) is 0 Å². The summed E-state index contributed by atoms with van der Waals surface area (Å²) in [7, 11) is 0. The van der Waals surface area contributed by atoms with E-state index in [9.17, 15) is 14.7 Å². The van der Waals surface area contributed by atoms with E-state index in [1.165, 1.54) is 0 Å². The Bertz CT molecular complexity index is 611. The van der Waals surface area contributed by atoms with Crippen LogP contribution in [0.3, 0.4) is 0 Å². The Hall–Kier alpha value is -1.66. The number of carbonyl (C=O) groups is 2. The van der Waals surface area contributed by atoms with Gasteiger partial charge in [0, 0.05) is 4.88 Å². The lowest BCUT2D eigenvalue weighted by molar-refractivity contribution is -0.148. The molecule has 4 rings (SSSR count). The molecule has 0 radical (unpaired) electrons. The predicted octanol–water partition coefficient (Wildman–Crippen LogP) is 1.11. The first kappa shape index (κ1) is 12.1. The van der Waals surface area contributed by atoms with Crippen LogP contribution >= 0.6 is 11.3 Å². The normalized spacial score (nSPS) is 37.7. The molecule has 1 aromatic rings. The van der Waals surface area contributed by atoms with Crippen LogP contribution in [-0.4, -0.2) is 40.1 Å². The van der Waals surface area contributed by atoms with Crippen molar-refractivity contribution in [3.63, 3.8) is 0 Å². The first-order valence-electron chi connectivity index (χ1n) is 6.52. The number of hydrogen-bond donors (Lipinski definition) is 1. The summed E-state index contributed by atoms with van der Waals surface area (Å²) >= 11 is 1.59. The van der Waals surface area contributed by atoms with Crippen LogP contribution in [0.25, 0.3) is 0 Å². The molecule has 1 amide bonds. The lowest BCUT2D eigenvalue weighted by Crippen LogP contribution is -2.39. The van der Waals surface area contributed by atoms with Gasteiger partial charge in [-0.3, -0.25) is 9.59 Å². The highest BCUT2D eigenvalue weighted by molar-refractivity contribution is 7.09. The van der Waals surface area contributed by atoms with E-state index in [1.54, 1.807) is 22.3 Å². The molecule has 3 aliphatic heterocycles. The van der Waals surface area contributed by atoms with Crippen molar-refractivity contribution < 1.29 is 19.4 Å². The molecule has 0 saturated carbocycles. The SMILES string of the molecule is O=C(O)[C@@H]1[C@@H]2C=C[C@]3(CN(Cc4cccs4)C(=O)[C@@H]13)O2. The third-order valence-electron chi connectivity index (χ3n) is 4.39. The van der Waals surface area contributed by atoms with Gasteiger partial charge in [0.05, 0.1) is 25.1 Å². The Morgan fingerprint density at radius 1 is 1.60 bits per heavy atom. The molecule has 5 nitrogen and oxygen atoms in total. The van der Waals surface area contributed by atoms with Crippen molar-refractivity contribution in [1.29, 1.82) is 0 Å². The second-order valence-corrected chi connectivity index (χ2v) is 6.54. The highest BCUT2D eigenvalue weighted by Crippen LogP contribution is 2.52. The van der Waals surface area contributed by atoms with Crippen LogP contribution in [0.5, 0.6) is 0 Å². The molecular formula is C14H13NO4S. The van der Waals surface area contributed by atoms with Gasteiger partial charge < -0.3 is 14.7 Å². The molecule has 1 N–H and O–H groups in total. The molecule has 4 atom stereocenters. The van der Waals surface area contributed by atoms with E-state index in [-0.39, 0.29) is 5.91 Å². The summed E-state index contributed by atoms with van der Waals surface area (Å²) in [5.41, 5.74) is -0.720. The molecule has 2 fully saturated rings. The van der Waals surface area contributed by atoms with Gasteiger partial charge in [-0.1, -0.05) is 18.2 Å². The van der Waals surface area contributed by atoms with Gasteiger partial charge in [0.2, 0.25) is 5.91 Å². The van der Waals surface area contributed by atoms with Crippen molar-refractivity contribution >= 4 is 23.2 Å². The smallest absolute Gasteiger partial charge is 0.310 e. The fraction of sp³-hybridized carbons (Fsp3) is 0.429. The summed E-state index contributed by atoms with van der Waals surface area (Å²) < 4.78 is 5.83. The van der Waals surface area contributed by atoms with Gasteiger partial charge in [0.25, 0.3) is 0 Å². The largest absolute Gasteiger partial charge is 0.481 e. The van der Waals surface area contributed by atoms with E-state index >= 15 is 0 Å². The molecule has 3 aliphatic rings. The molecule has 6 heteroatoms. The number of likely N-dealkylation sites (tertiary alicyclic amines) is 1. The highest BCUT2D eigenvalue weighted by atomic mass is 32.1. The number of carbonyl (C=O) groups excluding carboxylic acids is 1. The number of aliphatic carboxylic acids is 1. The number of amides is 1. The van der Waals surface area contributed by atoms with Crippen molar-refractivity contribution in [2.45, 2.75) is 18.2 Å². The third-order valence-corrected chi connectivity index (χ3v) is 5.25. The minimum Gasteiger partial charge on any atom is -0.481 e. The maximum atomic E-state index is 12.6. The first-order valence-corrected chi connectivity index (χ1v) is 7.40. The zero-order chi connectivity index (χ0) is 13.9. The molecule has 1 spiro atoms. The van der Waals surface area contributed by atoms with Gasteiger partial charge in [-0.2, -0.15) is 0 Å². The summed E-state index contributed by atoms with van der Waals surface area (Å²) in [6.07, 6.45) is 3.22. The highest BCUT2D eigenvalue weighted by Gasteiger charge is 2.66. The monoisotopic (exact) mass is 291 g/mol. The van der Waals surface area contributed by atoms with E-state index in [2.05, 4.69) is 0 Å². The van der Waals surface area contributed by atoms with E-state index in [0.717, 1.165) is 4.88 Å². The van der Waals surface area contributed by atoms with Gasteiger partial charge in [0.15, 0.2) is 0 Å². The van der Waals surface area contributed by atoms with Crippen molar-refractivity contribution in [2.24, 2.45) is 11.8 Å². The van der Waals surface area contributed by atoms with E-state index < -0.39 is 29.5 Å². The second kappa shape index (κ2) is 3.93. The van der Waals surface area contributed by atoms with Crippen molar-refractivity contribution in [3.8, 4) is 0 Å². The van der Waals surface area contributed by atoms with Crippen LogP contribution in [0.4, 0.5) is 0 Å². The zero-order valence-corrected chi connectivity index (χ0v) is 11.4. The molecule has 0 aliphatic carbocycles. The number of carboxylic acid groups (broad SMARTS) is 1. The summed E-state index contributed by atoms with van der Waals surface area (Å²) in [6.45, 7) is 0.980. The average molecular weight is 291 g/mol. The van der Waals surface area contributed by atoms with E-state index in [0.29, 0.717) is 13.1 Å². The Morgan fingerprint density at radius 3 is 3.15 bits per heavy atom. The number of nitrogens with zero attached hydrogens (tertiary/aromatic N) is 1. The zero-order valence-electron chi connectivity index (χ0n) is 10.6. The average Bonchev–Trinajstić information content (AvgIpc) is 3.12. The van der Waals surface area contributed by atoms with Crippen LogP contribution in [0.15, 0.2) is 29.7 Å². The second-order valence-electron chi connectivity index (χ2n) is 5.51. The Kier molecular flexibility index (Phi) is 2.38. The minimum atomic E-state index is -0.947. The Morgan fingerprint density at radius 2 is 2.45 bits per heavy atom. The molecule has 0 unspecified atom stereocenters. The maximum absolute atomic E-state index is 12.6. The van der Waals surface area contributed by atoms with Gasteiger partial charge in [-0.05, 0) is 11.4 Å². The summed E-state index contributed by atoms with van der Waals surface area (Å²) in [5.74, 6) is -2.37. The van der Waals surface area contributed by atoms with Crippen LogP contribution in [0.1, 0.15) is 4.88 Å². The topological polar surface area (TPSA) is 66.8 Å². The molecule has 2 bridgehead atoms. The van der Waals surface area contributed by atoms with Crippen molar-refractivity contribution in [2.75, 3.05) is 6.54 Å². The summed E-state index contributed by atoms with van der Waals surface area (Å²) in [5, 5.41) is 11.3. The quantitative estimate of drug-likeness (QED) is 0.847. The molecule has 2 saturated heterocycles. The van der Waals surface area contributed by atoms with Gasteiger partial charge in [-0.15, -0.1) is 11.3 Å².